The fourth-order valence-electron chi connectivity index (χ4n) is 2.58. The number of nitrogens with one attached hydrogen (secondary N) is 2. The van der Waals surface area contributed by atoms with Crippen molar-refractivity contribution in [3.63, 3.8) is 0 Å². The second-order valence-corrected chi connectivity index (χ2v) is 5.90. The van der Waals surface area contributed by atoms with Gasteiger partial charge in [-0.3, -0.25) is 9.59 Å². The van der Waals surface area contributed by atoms with Crippen LogP contribution in [-0.4, -0.2) is 18.9 Å². The van der Waals surface area contributed by atoms with Crippen LogP contribution in [0.2, 0.25) is 0 Å². The molecule has 2 amide bonds. The molecule has 2 N–H and O–H groups in total. The Labute approximate surface area is 158 Å². The Bertz CT molecular complexity index is 939. The Morgan fingerprint density at radius 1 is 0.852 bits per heavy atom. The number of hydrogen-bond donors (Lipinski definition) is 2. The molecule has 0 saturated heterocycles. The molecule has 0 atom stereocenters. The van der Waals surface area contributed by atoms with Gasteiger partial charge in [-0.1, -0.05) is 42.5 Å². The van der Waals surface area contributed by atoms with Crippen molar-refractivity contribution in [1.82, 2.24) is 5.32 Å². The monoisotopic (exact) mass is 360 g/mol. The van der Waals surface area contributed by atoms with Crippen LogP contribution in [0.25, 0.3) is 0 Å². The van der Waals surface area contributed by atoms with E-state index in [0.717, 1.165) is 5.56 Å². The topological polar surface area (TPSA) is 67.4 Å². The quantitative estimate of drug-likeness (QED) is 0.698. The smallest absolute Gasteiger partial charge is 0.255 e. The summed E-state index contributed by atoms with van der Waals surface area (Å²) in [5, 5.41) is 5.46. The van der Waals surface area contributed by atoms with Crippen LogP contribution >= 0.6 is 0 Å². The summed E-state index contributed by atoms with van der Waals surface area (Å²) in [4.78, 5) is 24.3. The number of carbonyl (C=O) groups is 2. The molecule has 0 unspecified atom stereocenters. The summed E-state index contributed by atoms with van der Waals surface area (Å²) >= 11 is 0. The fraction of sp³-hybridized carbons (Fsp3) is 0.0909. The van der Waals surface area contributed by atoms with E-state index < -0.39 is 0 Å². The highest BCUT2D eigenvalue weighted by atomic mass is 16.5. The summed E-state index contributed by atoms with van der Waals surface area (Å²) in [6.45, 7) is 0. The highest BCUT2D eigenvalue weighted by molar-refractivity contribution is 6.05. The summed E-state index contributed by atoms with van der Waals surface area (Å²) in [5.74, 6) is 0.895. The van der Waals surface area contributed by atoms with E-state index in [2.05, 4.69) is 10.6 Å². The molecule has 136 valence electrons. The summed E-state index contributed by atoms with van der Waals surface area (Å²) < 4.78 is 5.78. The summed E-state index contributed by atoms with van der Waals surface area (Å²) in [6.07, 6.45) is 0.199. The zero-order valence-corrected chi connectivity index (χ0v) is 14.9. The number of amides is 2. The minimum Gasteiger partial charge on any atom is -0.457 e. The van der Waals surface area contributed by atoms with E-state index in [1.807, 2.05) is 48.5 Å². The molecule has 27 heavy (non-hydrogen) atoms. The van der Waals surface area contributed by atoms with Crippen molar-refractivity contribution in [2.24, 2.45) is 0 Å². The van der Waals surface area contributed by atoms with E-state index >= 15 is 0 Å². The van der Waals surface area contributed by atoms with Crippen LogP contribution in [-0.2, 0) is 11.2 Å². The van der Waals surface area contributed by atoms with Crippen LogP contribution < -0.4 is 15.4 Å². The highest BCUT2D eigenvalue weighted by Crippen LogP contribution is 2.23. The van der Waals surface area contributed by atoms with Crippen LogP contribution in [0.3, 0.4) is 0 Å². The molecule has 0 fully saturated rings. The second-order valence-electron chi connectivity index (χ2n) is 5.90. The van der Waals surface area contributed by atoms with Gasteiger partial charge in [0.1, 0.15) is 11.5 Å². The van der Waals surface area contributed by atoms with Crippen LogP contribution in [0.15, 0.2) is 78.9 Å². The number of rotatable bonds is 6. The Kier molecular flexibility index (Phi) is 5.84. The molecule has 5 nitrogen and oxygen atoms in total. The Hall–Kier alpha value is -3.60. The van der Waals surface area contributed by atoms with E-state index in [1.165, 1.54) is 0 Å². The summed E-state index contributed by atoms with van der Waals surface area (Å²) in [5.41, 5.74) is 1.83. The van der Waals surface area contributed by atoms with Gasteiger partial charge in [0.15, 0.2) is 0 Å². The van der Waals surface area contributed by atoms with Crippen molar-refractivity contribution >= 4 is 17.5 Å². The zero-order chi connectivity index (χ0) is 19.1. The maximum Gasteiger partial charge on any atom is 0.255 e. The highest BCUT2D eigenvalue weighted by Gasteiger charge is 2.12. The van der Waals surface area contributed by atoms with Crippen molar-refractivity contribution in [2.45, 2.75) is 6.42 Å². The molecule has 0 aliphatic carbocycles. The van der Waals surface area contributed by atoms with Gasteiger partial charge in [-0.15, -0.1) is 0 Å². The van der Waals surface area contributed by atoms with E-state index in [-0.39, 0.29) is 18.2 Å². The van der Waals surface area contributed by atoms with Crippen LogP contribution in [0.5, 0.6) is 11.5 Å². The lowest BCUT2D eigenvalue weighted by atomic mass is 10.1. The third-order valence-electron chi connectivity index (χ3n) is 3.97. The number of hydrogen-bond acceptors (Lipinski definition) is 3. The molecule has 0 radical (unpaired) electrons. The number of benzene rings is 3. The molecule has 0 bridgehead atoms. The fourth-order valence-corrected chi connectivity index (χ4v) is 2.58. The molecule has 0 saturated carbocycles. The number of carbonyl (C=O) groups excluding carboxylic acids is 2. The number of anilines is 1. The molecule has 3 rings (SSSR count). The number of likely N-dealkylation sites (N-methyl/N-ethyl adjacent to an activating group) is 1. The predicted molar refractivity (Wildman–Crippen MR) is 105 cm³/mol. The molecule has 0 spiro atoms. The summed E-state index contributed by atoms with van der Waals surface area (Å²) in [7, 11) is 1.59. The van der Waals surface area contributed by atoms with Gasteiger partial charge >= 0.3 is 0 Å². The van der Waals surface area contributed by atoms with E-state index in [1.54, 1.807) is 37.4 Å². The first-order valence-corrected chi connectivity index (χ1v) is 8.58. The molecule has 0 aromatic heterocycles. The maximum atomic E-state index is 12.7. The lowest BCUT2D eigenvalue weighted by Crippen LogP contribution is -2.21. The maximum absolute atomic E-state index is 12.7. The number of para-hydroxylation sites is 2. The van der Waals surface area contributed by atoms with Gasteiger partial charge < -0.3 is 15.4 Å². The molecule has 3 aromatic rings. The van der Waals surface area contributed by atoms with Crippen LogP contribution in [0.4, 0.5) is 5.69 Å². The Morgan fingerprint density at radius 2 is 1.56 bits per heavy atom. The van der Waals surface area contributed by atoms with Gasteiger partial charge in [0, 0.05) is 18.3 Å². The van der Waals surface area contributed by atoms with Crippen molar-refractivity contribution in [2.75, 3.05) is 12.4 Å². The summed E-state index contributed by atoms with van der Waals surface area (Å²) in [6, 6.07) is 23.6. The Balaban J connectivity index is 1.75. The molecule has 5 heteroatoms. The van der Waals surface area contributed by atoms with E-state index in [9.17, 15) is 9.59 Å². The molecule has 3 aromatic carbocycles. The SMILES string of the molecule is CNC(=O)Cc1ccccc1NC(=O)c1cccc(Oc2ccccc2)c1. The normalized spacial score (nSPS) is 10.1. The first-order valence-electron chi connectivity index (χ1n) is 8.58. The van der Waals surface area contributed by atoms with Gasteiger partial charge in [-0.05, 0) is 42.0 Å². The average Bonchev–Trinajstić information content (AvgIpc) is 2.70. The minimum atomic E-state index is -0.266. The zero-order valence-electron chi connectivity index (χ0n) is 14.9. The van der Waals surface area contributed by atoms with Gasteiger partial charge in [-0.2, -0.15) is 0 Å². The third kappa shape index (κ3) is 4.95. The third-order valence-corrected chi connectivity index (χ3v) is 3.97. The lowest BCUT2D eigenvalue weighted by Gasteiger charge is -2.11. The Morgan fingerprint density at radius 3 is 2.33 bits per heavy atom. The first kappa shape index (κ1) is 18.2. The molecule has 0 aliphatic heterocycles. The van der Waals surface area contributed by atoms with Crippen LogP contribution in [0.1, 0.15) is 15.9 Å². The second kappa shape index (κ2) is 8.67. The molecular formula is C22H20N2O3. The van der Waals surface area contributed by atoms with Crippen LogP contribution in [0, 0.1) is 0 Å². The average molecular weight is 360 g/mol. The van der Waals surface area contributed by atoms with Crippen molar-refractivity contribution in [3.05, 3.63) is 90.0 Å². The van der Waals surface area contributed by atoms with E-state index in [0.29, 0.717) is 22.7 Å². The molecular weight excluding hydrogens is 340 g/mol. The molecule has 0 aliphatic rings. The van der Waals surface area contributed by atoms with Crippen molar-refractivity contribution < 1.29 is 14.3 Å². The first-order chi connectivity index (χ1) is 13.2. The minimum absolute atomic E-state index is 0.116. The largest absolute Gasteiger partial charge is 0.457 e. The van der Waals surface area contributed by atoms with E-state index in [4.69, 9.17) is 4.74 Å². The number of ether oxygens (including phenoxy) is 1. The van der Waals surface area contributed by atoms with Gasteiger partial charge in [0.25, 0.3) is 5.91 Å². The predicted octanol–water partition coefficient (Wildman–Crippen LogP) is 4.02. The molecule has 0 heterocycles. The van der Waals surface area contributed by atoms with Crippen molar-refractivity contribution in [1.29, 1.82) is 0 Å². The standard InChI is InChI=1S/C22H20N2O3/c1-23-21(25)15-16-8-5-6-13-20(16)24-22(26)17-9-7-12-19(14-17)27-18-10-3-2-4-11-18/h2-14H,15H2,1H3,(H,23,25)(H,24,26). The van der Waals surface area contributed by atoms with Gasteiger partial charge in [0.05, 0.1) is 6.42 Å². The van der Waals surface area contributed by atoms with Gasteiger partial charge in [-0.25, -0.2) is 0 Å². The van der Waals surface area contributed by atoms with Crippen molar-refractivity contribution in [3.8, 4) is 11.5 Å². The van der Waals surface area contributed by atoms with Gasteiger partial charge in [0.2, 0.25) is 5.91 Å². The lowest BCUT2D eigenvalue weighted by molar-refractivity contribution is -0.119.